The first kappa shape index (κ1) is 19.4. The van der Waals surface area contributed by atoms with E-state index < -0.39 is 0 Å². The fourth-order valence-corrected chi connectivity index (χ4v) is 3.94. The average molecular weight is 386 g/mol. The van der Waals surface area contributed by atoms with Crippen LogP contribution >= 0.6 is 11.6 Å². The van der Waals surface area contributed by atoms with Crippen LogP contribution in [0, 0.1) is 5.92 Å². The molecule has 5 heteroatoms. The van der Waals surface area contributed by atoms with E-state index in [0.717, 1.165) is 31.4 Å². The van der Waals surface area contributed by atoms with Crippen LogP contribution in [0.3, 0.4) is 0 Å². The standard InChI is InChI=1S/C22H24ClNO3/c1-27-22(26)18-11-9-17(10-12-18)16-7-5-15(6-8-16)13-21(25)24-20-4-2-3-19(23)14-20/h2-4,9-12,14-16H,5-8,13H2,1H3,(H,24,25)/t15-,16+. The van der Waals surface area contributed by atoms with Crippen molar-refractivity contribution in [1.82, 2.24) is 0 Å². The van der Waals surface area contributed by atoms with E-state index in [0.29, 0.717) is 28.8 Å². The molecule has 1 fully saturated rings. The maximum atomic E-state index is 12.3. The van der Waals surface area contributed by atoms with Crippen LogP contribution in [0.2, 0.25) is 5.02 Å². The summed E-state index contributed by atoms with van der Waals surface area (Å²) < 4.78 is 4.74. The van der Waals surface area contributed by atoms with E-state index in [4.69, 9.17) is 16.3 Å². The molecule has 1 aliphatic rings. The fourth-order valence-electron chi connectivity index (χ4n) is 3.75. The van der Waals surface area contributed by atoms with Gasteiger partial charge in [-0.05, 0) is 73.4 Å². The smallest absolute Gasteiger partial charge is 0.337 e. The van der Waals surface area contributed by atoms with Crippen LogP contribution in [0.4, 0.5) is 5.69 Å². The molecule has 0 unspecified atom stereocenters. The summed E-state index contributed by atoms with van der Waals surface area (Å²) in [4.78, 5) is 23.8. The Morgan fingerprint density at radius 2 is 1.78 bits per heavy atom. The fraction of sp³-hybridized carbons (Fsp3) is 0.364. The second-order valence-electron chi connectivity index (χ2n) is 7.09. The molecule has 0 saturated heterocycles. The Bertz CT molecular complexity index is 795. The lowest BCUT2D eigenvalue weighted by atomic mass is 9.77. The van der Waals surface area contributed by atoms with Crippen LogP contribution in [-0.4, -0.2) is 19.0 Å². The first-order valence-corrected chi connectivity index (χ1v) is 9.66. The molecule has 142 valence electrons. The molecule has 0 aliphatic heterocycles. The molecule has 0 bridgehead atoms. The van der Waals surface area contributed by atoms with E-state index in [-0.39, 0.29) is 11.9 Å². The molecule has 0 atom stereocenters. The van der Waals surface area contributed by atoms with Gasteiger partial charge in [-0.1, -0.05) is 29.8 Å². The van der Waals surface area contributed by atoms with Crippen LogP contribution in [-0.2, 0) is 9.53 Å². The summed E-state index contributed by atoms with van der Waals surface area (Å²) in [5.41, 5.74) is 2.57. The minimum Gasteiger partial charge on any atom is -0.465 e. The first-order valence-electron chi connectivity index (χ1n) is 9.29. The monoisotopic (exact) mass is 385 g/mol. The van der Waals surface area contributed by atoms with Crippen molar-refractivity contribution in [3.63, 3.8) is 0 Å². The number of hydrogen-bond acceptors (Lipinski definition) is 3. The quantitative estimate of drug-likeness (QED) is 0.698. The van der Waals surface area contributed by atoms with Crippen LogP contribution in [0.1, 0.15) is 53.9 Å². The number of carbonyl (C=O) groups is 2. The summed E-state index contributed by atoms with van der Waals surface area (Å²) in [5, 5.41) is 3.55. The van der Waals surface area contributed by atoms with E-state index in [1.165, 1.54) is 12.7 Å². The van der Waals surface area contributed by atoms with Gasteiger partial charge >= 0.3 is 5.97 Å². The normalized spacial score (nSPS) is 19.3. The van der Waals surface area contributed by atoms with Crippen molar-refractivity contribution in [2.75, 3.05) is 12.4 Å². The molecule has 0 radical (unpaired) electrons. The Morgan fingerprint density at radius 3 is 2.41 bits per heavy atom. The maximum absolute atomic E-state index is 12.3. The van der Waals surface area contributed by atoms with Gasteiger partial charge in [0.1, 0.15) is 0 Å². The number of rotatable bonds is 5. The number of nitrogens with one attached hydrogen (secondary N) is 1. The molecule has 1 N–H and O–H groups in total. The molecule has 0 heterocycles. The van der Waals surface area contributed by atoms with Crippen molar-refractivity contribution >= 4 is 29.2 Å². The Balaban J connectivity index is 1.48. The zero-order chi connectivity index (χ0) is 19.2. The largest absolute Gasteiger partial charge is 0.465 e. The number of benzene rings is 2. The highest BCUT2D eigenvalue weighted by atomic mass is 35.5. The van der Waals surface area contributed by atoms with Crippen molar-refractivity contribution in [2.24, 2.45) is 5.92 Å². The number of carbonyl (C=O) groups excluding carboxylic acids is 2. The summed E-state index contributed by atoms with van der Waals surface area (Å²) in [5.74, 6) is 0.637. The van der Waals surface area contributed by atoms with Crippen LogP contribution in [0.5, 0.6) is 0 Å². The van der Waals surface area contributed by atoms with Gasteiger partial charge in [0.15, 0.2) is 0 Å². The Morgan fingerprint density at radius 1 is 1.07 bits per heavy atom. The van der Waals surface area contributed by atoms with Crippen LogP contribution in [0.15, 0.2) is 48.5 Å². The molecule has 1 aliphatic carbocycles. The third-order valence-electron chi connectivity index (χ3n) is 5.23. The Labute approximate surface area is 164 Å². The van der Waals surface area contributed by atoms with Gasteiger partial charge in [0, 0.05) is 17.1 Å². The van der Waals surface area contributed by atoms with E-state index in [1.54, 1.807) is 12.1 Å². The molecule has 2 aromatic carbocycles. The second-order valence-corrected chi connectivity index (χ2v) is 7.53. The minimum absolute atomic E-state index is 0.0446. The van der Waals surface area contributed by atoms with E-state index in [1.807, 2.05) is 36.4 Å². The number of anilines is 1. The predicted octanol–water partition coefficient (Wildman–Crippen LogP) is 5.43. The maximum Gasteiger partial charge on any atom is 0.337 e. The molecule has 3 rings (SSSR count). The number of hydrogen-bond donors (Lipinski definition) is 1. The zero-order valence-electron chi connectivity index (χ0n) is 15.4. The summed E-state index contributed by atoms with van der Waals surface area (Å²) in [7, 11) is 1.39. The van der Waals surface area contributed by atoms with Crippen LogP contribution < -0.4 is 5.32 Å². The van der Waals surface area contributed by atoms with Gasteiger partial charge in [0.25, 0.3) is 0 Å². The molecule has 0 aromatic heterocycles. The van der Waals surface area contributed by atoms with Gasteiger partial charge in [-0.2, -0.15) is 0 Å². The molecule has 2 aromatic rings. The molecule has 1 saturated carbocycles. The van der Waals surface area contributed by atoms with Gasteiger partial charge in [0.2, 0.25) is 5.91 Å². The molecular formula is C22H24ClNO3. The highest BCUT2D eigenvalue weighted by Crippen LogP contribution is 2.37. The number of ether oxygens (including phenoxy) is 1. The highest BCUT2D eigenvalue weighted by Gasteiger charge is 2.24. The zero-order valence-corrected chi connectivity index (χ0v) is 16.2. The SMILES string of the molecule is COC(=O)c1ccc([C@H]2CC[C@@H](CC(=O)Nc3cccc(Cl)c3)CC2)cc1. The van der Waals surface area contributed by atoms with Crippen molar-refractivity contribution in [3.8, 4) is 0 Å². The lowest BCUT2D eigenvalue weighted by Crippen LogP contribution is -2.20. The summed E-state index contributed by atoms with van der Waals surface area (Å²) >= 11 is 5.95. The number of methoxy groups -OCH3 is 1. The summed E-state index contributed by atoms with van der Waals surface area (Å²) in [6.45, 7) is 0. The van der Waals surface area contributed by atoms with E-state index >= 15 is 0 Å². The van der Waals surface area contributed by atoms with E-state index in [9.17, 15) is 9.59 Å². The molecule has 1 amide bonds. The molecule has 0 spiro atoms. The van der Waals surface area contributed by atoms with Gasteiger partial charge in [-0.25, -0.2) is 4.79 Å². The summed E-state index contributed by atoms with van der Waals surface area (Å²) in [6.07, 6.45) is 4.73. The highest BCUT2D eigenvalue weighted by molar-refractivity contribution is 6.30. The Kier molecular flexibility index (Phi) is 6.51. The van der Waals surface area contributed by atoms with Crippen LogP contribution in [0.25, 0.3) is 0 Å². The average Bonchev–Trinajstić information content (AvgIpc) is 2.68. The lowest BCUT2D eigenvalue weighted by Gasteiger charge is -2.28. The second kappa shape index (κ2) is 9.05. The number of halogens is 1. The number of amides is 1. The van der Waals surface area contributed by atoms with Gasteiger partial charge in [-0.3, -0.25) is 4.79 Å². The van der Waals surface area contributed by atoms with Crippen molar-refractivity contribution in [1.29, 1.82) is 0 Å². The predicted molar refractivity (Wildman–Crippen MR) is 107 cm³/mol. The van der Waals surface area contributed by atoms with Crippen molar-refractivity contribution < 1.29 is 14.3 Å². The van der Waals surface area contributed by atoms with Gasteiger partial charge < -0.3 is 10.1 Å². The van der Waals surface area contributed by atoms with E-state index in [2.05, 4.69) is 5.32 Å². The number of esters is 1. The van der Waals surface area contributed by atoms with Crippen molar-refractivity contribution in [2.45, 2.75) is 38.0 Å². The lowest BCUT2D eigenvalue weighted by molar-refractivity contribution is -0.117. The molecular weight excluding hydrogens is 362 g/mol. The minimum atomic E-state index is -0.309. The first-order chi connectivity index (χ1) is 13.0. The third-order valence-corrected chi connectivity index (χ3v) is 5.47. The molecule has 27 heavy (non-hydrogen) atoms. The Hall–Kier alpha value is -2.33. The van der Waals surface area contributed by atoms with Gasteiger partial charge in [-0.15, -0.1) is 0 Å². The van der Waals surface area contributed by atoms with Crippen molar-refractivity contribution in [3.05, 3.63) is 64.7 Å². The molecule has 4 nitrogen and oxygen atoms in total. The third kappa shape index (κ3) is 5.33. The topological polar surface area (TPSA) is 55.4 Å². The summed E-state index contributed by atoms with van der Waals surface area (Å²) in [6, 6.07) is 14.9. The van der Waals surface area contributed by atoms with Gasteiger partial charge in [0.05, 0.1) is 12.7 Å².